The van der Waals surface area contributed by atoms with Crippen LogP contribution in [0.15, 0.2) is 12.2 Å². The Kier molecular flexibility index (Phi) is 3.58. The minimum atomic E-state index is -0.311. The zero-order valence-corrected chi connectivity index (χ0v) is 9.18. The number of hydrogen-bond acceptors (Lipinski definition) is 1. The number of rotatable bonds is 2. The molecule has 0 aromatic carbocycles. The van der Waals surface area contributed by atoms with Crippen LogP contribution in [0, 0.1) is 10.8 Å². The molecule has 0 amide bonds. The van der Waals surface area contributed by atoms with Crippen LogP contribution in [0.1, 0.15) is 34.6 Å². The maximum atomic E-state index is 9.69. The van der Waals surface area contributed by atoms with E-state index in [0.29, 0.717) is 0 Å². The quantitative estimate of drug-likeness (QED) is 0.490. The number of allylic oxidation sites excluding steroid dienone is 1. The van der Waals surface area contributed by atoms with Gasteiger partial charge >= 0.3 is 0 Å². The molecule has 12 heavy (non-hydrogen) atoms. The van der Waals surface area contributed by atoms with Crippen molar-refractivity contribution in [2.45, 2.75) is 40.6 Å². The highest BCUT2D eigenvalue weighted by Gasteiger charge is 2.38. The molecule has 1 N–H and O–H groups in total. The Morgan fingerprint density at radius 1 is 1.25 bits per heavy atom. The first kappa shape index (κ1) is 11.8. The van der Waals surface area contributed by atoms with Gasteiger partial charge in [0.15, 0.2) is 0 Å². The second-order valence-corrected chi connectivity index (χ2v) is 4.71. The van der Waals surface area contributed by atoms with Crippen LogP contribution >= 0.6 is 0 Å². The fourth-order valence-corrected chi connectivity index (χ4v) is 1.36. The number of hydrogen-bond donors (Lipinski definition) is 1. The lowest BCUT2D eigenvalue weighted by atomic mass is 9.59. The summed E-state index contributed by atoms with van der Waals surface area (Å²) < 4.78 is 0. The Morgan fingerprint density at radius 2 is 1.67 bits per heavy atom. The molecule has 0 rings (SSSR count). The molecule has 0 aliphatic rings. The molecule has 0 aromatic rings. The molecule has 0 fully saturated rings. The summed E-state index contributed by atoms with van der Waals surface area (Å²) in [5.74, 6) is 0. The SMILES string of the molecule is BC(O)C(C)(/C=C\C)C(C)(C)C. The molecule has 0 bridgehead atoms. The molecule has 2 atom stereocenters. The molecule has 0 saturated carbocycles. The summed E-state index contributed by atoms with van der Waals surface area (Å²) in [7, 11) is 1.85. The van der Waals surface area contributed by atoms with E-state index in [2.05, 4.69) is 33.8 Å². The largest absolute Gasteiger partial charge is 0.401 e. The van der Waals surface area contributed by atoms with Crippen LogP contribution in [0.25, 0.3) is 0 Å². The average molecular weight is 168 g/mol. The molecule has 0 saturated heterocycles. The zero-order chi connectivity index (χ0) is 9.99. The van der Waals surface area contributed by atoms with E-state index in [1.807, 2.05) is 20.8 Å². The average Bonchev–Trinajstić information content (AvgIpc) is 1.85. The van der Waals surface area contributed by atoms with Gasteiger partial charge in [-0.1, -0.05) is 39.8 Å². The predicted octanol–water partition coefficient (Wildman–Crippen LogP) is 1.57. The van der Waals surface area contributed by atoms with Crippen molar-refractivity contribution in [3.8, 4) is 0 Å². The highest BCUT2D eigenvalue weighted by atomic mass is 16.3. The van der Waals surface area contributed by atoms with Gasteiger partial charge in [-0.3, -0.25) is 0 Å². The van der Waals surface area contributed by atoms with Gasteiger partial charge in [0.25, 0.3) is 0 Å². The highest BCUT2D eigenvalue weighted by molar-refractivity contribution is 6.11. The minimum absolute atomic E-state index is 0.0909. The first-order valence-electron chi connectivity index (χ1n) is 4.57. The molecule has 0 spiro atoms. The standard InChI is InChI=1S/C10H21BO/c1-6-7-10(5,8(11)12)9(2,3)4/h6-8,12H,11H2,1-5H3/b7-6-. The zero-order valence-electron chi connectivity index (χ0n) is 9.18. The van der Waals surface area contributed by atoms with Crippen LogP contribution in [0.5, 0.6) is 0 Å². The van der Waals surface area contributed by atoms with Gasteiger partial charge in [-0.05, 0) is 12.3 Å². The third kappa shape index (κ3) is 2.13. The van der Waals surface area contributed by atoms with Crippen molar-refractivity contribution in [3.05, 3.63) is 12.2 Å². The Labute approximate surface area is 77.3 Å². The lowest BCUT2D eigenvalue weighted by Crippen LogP contribution is -2.42. The van der Waals surface area contributed by atoms with Crippen molar-refractivity contribution in [1.29, 1.82) is 0 Å². The monoisotopic (exact) mass is 168 g/mol. The van der Waals surface area contributed by atoms with Gasteiger partial charge in [0.1, 0.15) is 7.85 Å². The summed E-state index contributed by atoms with van der Waals surface area (Å²) in [5, 5.41) is 9.69. The minimum Gasteiger partial charge on any atom is -0.401 e. The van der Waals surface area contributed by atoms with Gasteiger partial charge in [-0.25, -0.2) is 0 Å². The number of aliphatic hydroxyl groups excluding tert-OH is 1. The van der Waals surface area contributed by atoms with E-state index in [-0.39, 0.29) is 16.8 Å². The fraction of sp³-hybridized carbons (Fsp3) is 0.800. The normalized spacial score (nSPS) is 20.8. The van der Waals surface area contributed by atoms with Crippen LogP contribution in [-0.4, -0.2) is 19.0 Å². The Bertz CT molecular complexity index is 167. The van der Waals surface area contributed by atoms with E-state index < -0.39 is 0 Å². The third-order valence-corrected chi connectivity index (χ3v) is 3.00. The summed E-state index contributed by atoms with van der Waals surface area (Å²) in [6.07, 6.45) is 4.11. The van der Waals surface area contributed by atoms with Crippen LogP contribution < -0.4 is 0 Å². The Morgan fingerprint density at radius 3 is 1.75 bits per heavy atom. The van der Waals surface area contributed by atoms with Crippen molar-refractivity contribution >= 4 is 7.85 Å². The highest BCUT2D eigenvalue weighted by Crippen LogP contribution is 2.41. The summed E-state index contributed by atoms with van der Waals surface area (Å²) >= 11 is 0. The van der Waals surface area contributed by atoms with E-state index in [1.165, 1.54) is 0 Å². The number of aliphatic hydroxyl groups is 1. The molecule has 2 heteroatoms. The van der Waals surface area contributed by atoms with Gasteiger partial charge in [0.2, 0.25) is 0 Å². The summed E-state index contributed by atoms with van der Waals surface area (Å²) in [4.78, 5) is 0. The second-order valence-electron chi connectivity index (χ2n) is 4.71. The van der Waals surface area contributed by atoms with Crippen LogP contribution in [0.3, 0.4) is 0 Å². The van der Waals surface area contributed by atoms with E-state index in [4.69, 9.17) is 0 Å². The molecule has 0 radical (unpaired) electrons. The van der Waals surface area contributed by atoms with Crippen molar-refractivity contribution in [2.24, 2.45) is 10.8 Å². The molecule has 0 aliphatic carbocycles. The van der Waals surface area contributed by atoms with E-state index >= 15 is 0 Å². The van der Waals surface area contributed by atoms with Crippen molar-refractivity contribution in [1.82, 2.24) is 0 Å². The van der Waals surface area contributed by atoms with Crippen molar-refractivity contribution < 1.29 is 5.11 Å². The lowest BCUT2D eigenvalue weighted by molar-refractivity contribution is 0.0479. The lowest BCUT2D eigenvalue weighted by Gasteiger charge is -2.42. The molecule has 1 nitrogen and oxygen atoms in total. The maximum Gasteiger partial charge on any atom is 0.139 e. The van der Waals surface area contributed by atoms with Crippen LogP contribution in [0.4, 0.5) is 0 Å². The third-order valence-electron chi connectivity index (χ3n) is 3.00. The van der Waals surface area contributed by atoms with E-state index in [1.54, 1.807) is 0 Å². The van der Waals surface area contributed by atoms with Gasteiger partial charge in [-0.2, -0.15) is 0 Å². The second kappa shape index (κ2) is 3.65. The Balaban J connectivity index is 4.88. The molecule has 70 valence electrons. The van der Waals surface area contributed by atoms with Gasteiger partial charge in [0, 0.05) is 11.4 Å². The van der Waals surface area contributed by atoms with Crippen LogP contribution in [-0.2, 0) is 0 Å². The van der Waals surface area contributed by atoms with Crippen molar-refractivity contribution in [2.75, 3.05) is 0 Å². The molecule has 2 unspecified atom stereocenters. The molecule has 0 aromatic heterocycles. The summed E-state index contributed by atoms with van der Waals surface area (Å²) in [5.41, 5.74) is -0.0462. The topological polar surface area (TPSA) is 20.2 Å². The van der Waals surface area contributed by atoms with Gasteiger partial charge in [0.05, 0.1) is 0 Å². The fourth-order valence-electron chi connectivity index (χ4n) is 1.36. The first-order valence-corrected chi connectivity index (χ1v) is 4.57. The molecular formula is C10H21BO. The predicted molar refractivity (Wildman–Crippen MR) is 56.9 cm³/mol. The first-order chi connectivity index (χ1) is 5.25. The van der Waals surface area contributed by atoms with E-state index in [9.17, 15) is 5.11 Å². The molecule has 0 heterocycles. The maximum absolute atomic E-state index is 9.69. The van der Waals surface area contributed by atoms with Crippen LogP contribution in [0.2, 0.25) is 0 Å². The van der Waals surface area contributed by atoms with Crippen molar-refractivity contribution in [3.63, 3.8) is 0 Å². The van der Waals surface area contributed by atoms with Gasteiger partial charge < -0.3 is 5.11 Å². The smallest absolute Gasteiger partial charge is 0.139 e. The van der Waals surface area contributed by atoms with Gasteiger partial charge in [-0.15, -0.1) is 0 Å². The molecule has 0 aliphatic heterocycles. The summed E-state index contributed by atoms with van der Waals surface area (Å²) in [6.45, 7) is 10.5. The Hall–Kier alpha value is -0.235. The summed E-state index contributed by atoms with van der Waals surface area (Å²) in [6, 6.07) is -0.311. The van der Waals surface area contributed by atoms with E-state index in [0.717, 1.165) is 0 Å². The molecular weight excluding hydrogens is 147 g/mol.